The molecule has 1 fully saturated rings. The molecule has 1 aliphatic rings. The fraction of sp³-hybridized carbons (Fsp3) is 0.900. The normalized spacial score (nSPS) is 21.1. The topological polar surface area (TPSA) is 55.1 Å². The van der Waals surface area contributed by atoms with Gasteiger partial charge in [-0.1, -0.05) is 26.2 Å². The van der Waals surface area contributed by atoms with Crippen LogP contribution >= 0.6 is 0 Å². The van der Waals surface area contributed by atoms with Gasteiger partial charge in [0.05, 0.1) is 0 Å². The molecule has 0 bridgehead atoms. The van der Waals surface area contributed by atoms with Gasteiger partial charge in [-0.2, -0.15) is 0 Å². The average molecular weight is 184 g/mol. The van der Waals surface area contributed by atoms with Crippen molar-refractivity contribution in [2.75, 3.05) is 6.54 Å². The summed E-state index contributed by atoms with van der Waals surface area (Å²) in [6.07, 6.45) is 6.11. The maximum Gasteiger partial charge on any atom is 0.224 e. The maximum absolute atomic E-state index is 11.5. The second-order valence-electron chi connectivity index (χ2n) is 3.98. The van der Waals surface area contributed by atoms with Crippen LogP contribution in [0.2, 0.25) is 0 Å². The minimum Gasteiger partial charge on any atom is -0.353 e. The largest absolute Gasteiger partial charge is 0.353 e. The maximum atomic E-state index is 11.5. The first-order chi connectivity index (χ1) is 6.24. The van der Waals surface area contributed by atoms with Gasteiger partial charge < -0.3 is 11.1 Å². The van der Waals surface area contributed by atoms with Gasteiger partial charge in [-0.05, 0) is 12.8 Å². The monoisotopic (exact) mass is 184 g/mol. The zero-order chi connectivity index (χ0) is 9.68. The number of hydrogen-bond acceptors (Lipinski definition) is 2. The summed E-state index contributed by atoms with van der Waals surface area (Å²) in [4.78, 5) is 11.5. The van der Waals surface area contributed by atoms with E-state index in [0.29, 0.717) is 12.6 Å². The molecule has 1 amide bonds. The zero-order valence-electron chi connectivity index (χ0n) is 8.38. The van der Waals surface area contributed by atoms with Crippen LogP contribution in [0.5, 0.6) is 0 Å². The van der Waals surface area contributed by atoms with Gasteiger partial charge in [0.1, 0.15) is 0 Å². The molecule has 13 heavy (non-hydrogen) atoms. The molecule has 0 aromatic carbocycles. The van der Waals surface area contributed by atoms with Gasteiger partial charge in [-0.25, -0.2) is 0 Å². The van der Waals surface area contributed by atoms with Gasteiger partial charge in [0.25, 0.3) is 0 Å². The Morgan fingerprint density at radius 1 is 1.46 bits per heavy atom. The molecule has 3 N–H and O–H groups in total. The van der Waals surface area contributed by atoms with Crippen LogP contribution in [0.15, 0.2) is 0 Å². The third-order valence-electron chi connectivity index (χ3n) is 2.75. The minimum atomic E-state index is -0.0399. The fourth-order valence-electron chi connectivity index (χ4n) is 1.70. The molecule has 0 saturated heterocycles. The molecule has 0 heterocycles. The molecule has 0 aromatic heterocycles. The molecule has 1 saturated carbocycles. The van der Waals surface area contributed by atoms with Crippen molar-refractivity contribution in [1.82, 2.24) is 5.32 Å². The Hall–Kier alpha value is -0.570. The summed E-state index contributed by atoms with van der Waals surface area (Å²) in [5.74, 6) is 0.0799. The van der Waals surface area contributed by atoms with Crippen LogP contribution in [-0.2, 0) is 4.79 Å². The van der Waals surface area contributed by atoms with Crippen LogP contribution < -0.4 is 11.1 Å². The summed E-state index contributed by atoms with van der Waals surface area (Å²) in [5, 5.41) is 3.05. The van der Waals surface area contributed by atoms with Crippen LogP contribution in [0.25, 0.3) is 0 Å². The van der Waals surface area contributed by atoms with Gasteiger partial charge in [-0.15, -0.1) is 0 Å². The van der Waals surface area contributed by atoms with E-state index in [-0.39, 0.29) is 11.8 Å². The molecule has 3 nitrogen and oxygen atoms in total. The number of amides is 1. The van der Waals surface area contributed by atoms with Crippen LogP contribution in [0.1, 0.15) is 39.0 Å². The standard InChI is InChI=1S/C10H20N2O/c1-8(7-11)10(13)12-9-5-3-2-4-6-9/h8-9H,2-7,11H2,1H3,(H,12,13). The van der Waals surface area contributed by atoms with Crippen molar-refractivity contribution in [1.29, 1.82) is 0 Å². The highest BCUT2D eigenvalue weighted by Gasteiger charge is 2.18. The Bertz CT molecular complexity index is 164. The quantitative estimate of drug-likeness (QED) is 0.688. The first kappa shape index (κ1) is 10.5. The fourth-order valence-corrected chi connectivity index (χ4v) is 1.70. The van der Waals surface area contributed by atoms with E-state index < -0.39 is 0 Å². The molecule has 0 aliphatic heterocycles. The van der Waals surface area contributed by atoms with Crippen molar-refractivity contribution >= 4 is 5.91 Å². The zero-order valence-corrected chi connectivity index (χ0v) is 8.38. The number of nitrogens with one attached hydrogen (secondary N) is 1. The third kappa shape index (κ3) is 3.35. The number of carbonyl (C=O) groups excluding carboxylic acids is 1. The highest BCUT2D eigenvalue weighted by atomic mass is 16.1. The second-order valence-corrected chi connectivity index (χ2v) is 3.98. The predicted octanol–water partition coefficient (Wildman–Crippen LogP) is 1.03. The molecule has 1 atom stereocenters. The smallest absolute Gasteiger partial charge is 0.224 e. The average Bonchev–Trinajstić information content (AvgIpc) is 2.18. The highest BCUT2D eigenvalue weighted by molar-refractivity contribution is 5.78. The molecule has 76 valence electrons. The lowest BCUT2D eigenvalue weighted by Gasteiger charge is -2.24. The molecular weight excluding hydrogens is 164 g/mol. The molecule has 0 radical (unpaired) electrons. The van der Waals surface area contributed by atoms with E-state index in [1.54, 1.807) is 0 Å². The van der Waals surface area contributed by atoms with E-state index in [9.17, 15) is 4.79 Å². The summed E-state index contributed by atoms with van der Waals surface area (Å²) in [7, 11) is 0. The Balaban J connectivity index is 2.26. The Labute approximate surface area is 80.1 Å². The number of hydrogen-bond donors (Lipinski definition) is 2. The van der Waals surface area contributed by atoms with Crippen LogP contribution in [-0.4, -0.2) is 18.5 Å². The molecule has 0 aromatic rings. The minimum absolute atomic E-state index is 0.0399. The lowest BCUT2D eigenvalue weighted by Crippen LogP contribution is -2.41. The molecular formula is C10H20N2O. The first-order valence-corrected chi connectivity index (χ1v) is 5.24. The number of carbonyl (C=O) groups is 1. The van der Waals surface area contributed by atoms with Crippen molar-refractivity contribution in [2.45, 2.75) is 45.1 Å². The van der Waals surface area contributed by atoms with Crippen molar-refractivity contribution in [2.24, 2.45) is 11.7 Å². The van der Waals surface area contributed by atoms with E-state index in [0.717, 1.165) is 12.8 Å². The number of rotatable bonds is 3. The van der Waals surface area contributed by atoms with Crippen molar-refractivity contribution in [3.05, 3.63) is 0 Å². The van der Waals surface area contributed by atoms with E-state index in [1.807, 2.05) is 6.92 Å². The van der Waals surface area contributed by atoms with Gasteiger partial charge >= 0.3 is 0 Å². The van der Waals surface area contributed by atoms with E-state index in [4.69, 9.17) is 5.73 Å². The Morgan fingerprint density at radius 2 is 2.08 bits per heavy atom. The van der Waals surface area contributed by atoms with Gasteiger partial charge in [-0.3, -0.25) is 4.79 Å². The third-order valence-corrected chi connectivity index (χ3v) is 2.75. The molecule has 0 spiro atoms. The molecule has 1 rings (SSSR count). The predicted molar refractivity (Wildman–Crippen MR) is 53.2 cm³/mol. The van der Waals surface area contributed by atoms with Gasteiger partial charge in [0.2, 0.25) is 5.91 Å². The highest BCUT2D eigenvalue weighted by Crippen LogP contribution is 2.17. The summed E-state index contributed by atoms with van der Waals surface area (Å²) in [6, 6.07) is 0.412. The van der Waals surface area contributed by atoms with Crippen molar-refractivity contribution in [3.8, 4) is 0 Å². The van der Waals surface area contributed by atoms with Crippen molar-refractivity contribution < 1.29 is 4.79 Å². The second kappa shape index (κ2) is 5.22. The number of nitrogens with two attached hydrogens (primary N) is 1. The summed E-state index contributed by atoms with van der Waals surface area (Å²) < 4.78 is 0. The van der Waals surface area contributed by atoms with Crippen LogP contribution in [0, 0.1) is 5.92 Å². The summed E-state index contributed by atoms with van der Waals surface area (Å²) >= 11 is 0. The van der Waals surface area contributed by atoms with E-state index >= 15 is 0 Å². The van der Waals surface area contributed by atoms with Crippen molar-refractivity contribution in [3.63, 3.8) is 0 Å². The molecule has 3 heteroatoms. The Morgan fingerprint density at radius 3 is 2.62 bits per heavy atom. The van der Waals surface area contributed by atoms with Crippen LogP contribution in [0.4, 0.5) is 0 Å². The molecule has 1 unspecified atom stereocenters. The Kier molecular flexibility index (Phi) is 4.22. The summed E-state index contributed by atoms with van der Waals surface area (Å²) in [5.41, 5.74) is 5.42. The first-order valence-electron chi connectivity index (χ1n) is 5.24. The molecule has 1 aliphatic carbocycles. The van der Waals surface area contributed by atoms with Crippen LogP contribution in [0.3, 0.4) is 0 Å². The SMILES string of the molecule is CC(CN)C(=O)NC1CCCCC1. The lowest BCUT2D eigenvalue weighted by atomic mass is 9.95. The summed E-state index contributed by atoms with van der Waals surface area (Å²) in [6.45, 7) is 2.32. The van der Waals surface area contributed by atoms with Gasteiger partial charge in [0, 0.05) is 18.5 Å². The van der Waals surface area contributed by atoms with E-state index in [2.05, 4.69) is 5.32 Å². The lowest BCUT2D eigenvalue weighted by molar-refractivity contribution is -0.125. The van der Waals surface area contributed by atoms with Gasteiger partial charge in [0.15, 0.2) is 0 Å². The van der Waals surface area contributed by atoms with E-state index in [1.165, 1.54) is 19.3 Å².